The van der Waals surface area contributed by atoms with Gasteiger partial charge in [-0.2, -0.15) is 4.99 Å². The van der Waals surface area contributed by atoms with Crippen molar-refractivity contribution in [2.45, 2.75) is 24.1 Å². The lowest BCUT2D eigenvalue weighted by Crippen LogP contribution is -2.39. The van der Waals surface area contributed by atoms with Crippen molar-refractivity contribution in [1.82, 2.24) is 4.90 Å². The van der Waals surface area contributed by atoms with Crippen LogP contribution in [0.4, 0.5) is 4.39 Å². The molecule has 2 aromatic carbocycles. The van der Waals surface area contributed by atoms with Gasteiger partial charge < -0.3 is 4.90 Å². The molecule has 2 fully saturated rings. The number of carbonyl (C=O) groups excluding carboxylic acids is 1. The molecule has 152 valence electrons. The quantitative estimate of drug-likeness (QED) is 0.727. The second kappa shape index (κ2) is 8.28. The molecular formula is C21H21FN2O3S2. The first-order valence-corrected chi connectivity index (χ1v) is 12.1. The molecule has 0 saturated carbocycles. The second-order valence-electron chi connectivity index (χ2n) is 7.32. The van der Waals surface area contributed by atoms with Crippen molar-refractivity contribution in [3.63, 3.8) is 0 Å². The molecule has 2 aromatic rings. The maximum Gasteiger partial charge on any atom is 0.252 e. The fraction of sp³-hybridized carbons (Fsp3) is 0.333. The number of rotatable bonds is 5. The van der Waals surface area contributed by atoms with Crippen molar-refractivity contribution < 1.29 is 17.6 Å². The van der Waals surface area contributed by atoms with Crippen molar-refractivity contribution in [3.05, 3.63) is 71.5 Å². The highest BCUT2D eigenvalue weighted by atomic mass is 32.2. The van der Waals surface area contributed by atoms with E-state index >= 15 is 0 Å². The van der Waals surface area contributed by atoms with Gasteiger partial charge in [0.25, 0.3) is 5.91 Å². The summed E-state index contributed by atoms with van der Waals surface area (Å²) in [6.07, 6.45) is 0.834. The number of hydrogen-bond acceptors (Lipinski definition) is 4. The lowest BCUT2D eigenvalue weighted by Gasteiger charge is -2.24. The number of sulfone groups is 1. The first-order valence-electron chi connectivity index (χ1n) is 9.43. The monoisotopic (exact) mass is 432 g/mol. The van der Waals surface area contributed by atoms with Crippen LogP contribution >= 0.6 is 11.8 Å². The topological polar surface area (TPSA) is 66.8 Å². The molecule has 2 atom stereocenters. The largest absolute Gasteiger partial charge is 0.346 e. The molecule has 0 spiro atoms. The zero-order valence-electron chi connectivity index (χ0n) is 15.7. The fourth-order valence-electron chi connectivity index (χ4n) is 3.71. The van der Waals surface area contributed by atoms with Gasteiger partial charge in [-0.15, -0.1) is 0 Å². The summed E-state index contributed by atoms with van der Waals surface area (Å²) in [5, 5.41) is 0.495. The third-order valence-corrected chi connectivity index (χ3v) is 8.40. The average Bonchev–Trinajstić information content (AvgIpc) is 3.13. The molecule has 0 bridgehead atoms. The number of amides is 1. The molecular weight excluding hydrogens is 411 g/mol. The fourth-order valence-corrected chi connectivity index (χ4v) is 7.71. The summed E-state index contributed by atoms with van der Waals surface area (Å²) in [6.45, 7) is 0.534. The summed E-state index contributed by atoms with van der Waals surface area (Å²) in [7, 11) is -3.08. The molecule has 0 radical (unpaired) electrons. The SMILES string of the molecule is O=C(Cc1ccccc1)N=C1S[C@H]2CS(=O)(=O)C[C@H]2N1CCc1ccc(F)cc1. The van der Waals surface area contributed by atoms with Crippen LogP contribution in [0.5, 0.6) is 0 Å². The Bertz CT molecular complexity index is 1020. The summed E-state index contributed by atoms with van der Waals surface area (Å²) >= 11 is 1.38. The van der Waals surface area contributed by atoms with Gasteiger partial charge in [0.05, 0.1) is 24.0 Å². The first kappa shape index (κ1) is 20.1. The van der Waals surface area contributed by atoms with E-state index in [1.54, 1.807) is 12.1 Å². The Morgan fingerprint density at radius 3 is 2.52 bits per heavy atom. The number of fused-ring (bicyclic) bond motifs is 1. The van der Waals surface area contributed by atoms with Gasteiger partial charge in [-0.3, -0.25) is 4.79 Å². The van der Waals surface area contributed by atoms with Gasteiger partial charge in [0, 0.05) is 11.8 Å². The zero-order valence-corrected chi connectivity index (χ0v) is 17.3. The normalized spacial score (nSPS) is 24.0. The molecule has 0 unspecified atom stereocenters. The van der Waals surface area contributed by atoms with Crippen molar-refractivity contribution in [1.29, 1.82) is 0 Å². The summed E-state index contributed by atoms with van der Waals surface area (Å²) < 4.78 is 37.3. The Morgan fingerprint density at radius 2 is 1.79 bits per heavy atom. The Labute approximate surface area is 173 Å². The van der Waals surface area contributed by atoms with Gasteiger partial charge in [0.2, 0.25) is 0 Å². The number of hydrogen-bond donors (Lipinski definition) is 0. The molecule has 2 saturated heterocycles. The van der Waals surface area contributed by atoms with Gasteiger partial charge >= 0.3 is 0 Å². The Kier molecular flexibility index (Phi) is 5.74. The van der Waals surface area contributed by atoms with Crippen molar-refractivity contribution >= 4 is 32.7 Å². The number of amidine groups is 1. The van der Waals surface area contributed by atoms with E-state index in [2.05, 4.69) is 4.99 Å². The summed E-state index contributed by atoms with van der Waals surface area (Å²) in [5.41, 5.74) is 1.85. The molecule has 0 aromatic heterocycles. The average molecular weight is 433 g/mol. The number of thioether (sulfide) groups is 1. The van der Waals surface area contributed by atoms with Gasteiger partial charge in [-0.1, -0.05) is 54.2 Å². The third kappa shape index (κ3) is 4.87. The third-order valence-electron chi connectivity index (χ3n) is 5.15. The van der Waals surface area contributed by atoms with E-state index in [9.17, 15) is 17.6 Å². The predicted molar refractivity (Wildman–Crippen MR) is 113 cm³/mol. The van der Waals surface area contributed by atoms with Crippen LogP contribution in [0.25, 0.3) is 0 Å². The highest BCUT2D eigenvalue weighted by Crippen LogP contribution is 2.38. The number of nitrogens with zero attached hydrogens (tertiary/aromatic N) is 2. The van der Waals surface area contributed by atoms with Crippen LogP contribution < -0.4 is 0 Å². The van der Waals surface area contributed by atoms with Crippen LogP contribution in [0.2, 0.25) is 0 Å². The summed E-state index contributed by atoms with van der Waals surface area (Å²) in [6, 6.07) is 15.5. The molecule has 29 heavy (non-hydrogen) atoms. The lowest BCUT2D eigenvalue weighted by atomic mass is 10.1. The molecule has 4 rings (SSSR count). The smallest absolute Gasteiger partial charge is 0.252 e. The molecule has 1 amide bonds. The molecule has 2 aliphatic heterocycles. The minimum atomic E-state index is -3.08. The predicted octanol–water partition coefficient (Wildman–Crippen LogP) is 2.71. The maximum atomic E-state index is 13.1. The minimum Gasteiger partial charge on any atom is -0.346 e. The highest BCUT2D eigenvalue weighted by Gasteiger charge is 2.48. The van der Waals surface area contributed by atoms with E-state index in [-0.39, 0.29) is 40.9 Å². The van der Waals surface area contributed by atoms with Crippen LogP contribution in [-0.4, -0.2) is 53.7 Å². The number of benzene rings is 2. The zero-order chi connectivity index (χ0) is 20.4. The van der Waals surface area contributed by atoms with E-state index in [1.165, 1.54) is 23.9 Å². The van der Waals surface area contributed by atoms with Gasteiger partial charge in [0.1, 0.15) is 5.82 Å². The van der Waals surface area contributed by atoms with Crippen LogP contribution in [0, 0.1) is 5.82 Å². The Morgan fingerprint density at radius 1 is 1.07 bits per heavy atom. The van der Waals surface area contributed by atoms with E-state index < -0.39 is 9.84 Å². The Hall–Kier alpha value is -2.19. The van der Waals surface area contributed by atoms with E-state index in [1.807, 2.05) is 35.2 Å². The van der Waals surface area contributed by atoms with E-state index in [4.69, 9.17) is 0 Å². The standard InChI is InChI=1S/C21H21FN2O3S2/c22-17-8-6-15(7-9-17)10-11-24-18-13-29(26,27)14-19(18)28-21(24)23-20(25)12-16-4-2-1-3-5-16/h1-9,18-19H,10-14H2/t18-,19+/m1/s1. The molecule has 2 heterocycles. The number of halogens is 1. The van der Waals surface area contributed by atoms with Gasteiger partial charge in [-0.05, 0) is 29.7 Å². The van der Waals surface area contributed by atoms with Crippen molar-refractivity contribution in [2.24, 2.45) is 4.99 Å². The second-order valence-corrected chi connectivity index (χ2v) is 10.7. The van der Waals surface area contributed by atoms with E-state index in [0.29, 0.717) is 18.1 Å². The van der Waals surface area contributed by atoms with Gasteiger partial charge in [0.15, 0.2) is 15.0 Å². The lowest BCUT2D eigenvalue weighted by molar-refractivity contribution is -0.117. The van der Waals surface area contributed by atoms with Crippen molar-refractivity contribution in [2.75, 3.05) is 18.1 Å². The van der Waals surface area contributed by atoms with Crippen LogP contribution in [0.15, 0.2) is 59.6 Å². The summed E-state index contributed by atoms with van der Waals surface area (Å²) in [5.74, 6) is -0.337. The number of aliphatic imine (C=N–C) groups is 1. The molecule has 5 nitrogen and oxygen atoms in total. The van der Waals surface area contributed by atoms with Crippen LogP contribution in [0.1, 0.15) is 11.1 Å². The Balaban J connectivity index is 1.51. The molecule has 0 aliphatic carbocycles. The van der Waals surface area contributed by atoms with E-state index in [0.717, 1.165) is 11.1 Å². The molecule has 0 N–H and O–H groups in total. The van der Waals surface area contributed by atoms with Crippen LogP contribution in [-0.2, 0) is 27.5 Å². The van der Waals surface area contributed by atoms with Crippen LogP contribution in [0.3, 0.4) is 0 Å². The minimum absolute atomic E-state index is 0.0833. The molecule has 8 heteroatoms. The first-order chi connectivity index (χ1) is 13.9. The summed E-state index contributed by atoms with van der Waals surface area (Å²) in [4.78, 5) is 18.8. The van der Waals surface area contributed by atoms with Crippen molar-refractivity contribution in [3.8, 4) is 0 Å². The maximum absolute atomic E-state index is 13.1. The number of carbonyl (C=O) groups is 1. The molecule has 2 aliphatic rings. The van der Waals surface area contributed by atoms with Gasteiger partial charge in [-0.25, -0.2) is 12.8 Å². The highest BCUT2D eigenvalue weighted by molar-refractivity contribution is 8.15.